The first-order valence-corrected chi connectivity index (χ1v) is 8.36. The summed E-state index contributed by atoms with van der Waals surface area (Å²) in [5.74, 6) is 0.0528. The summed E-state index contributed by atoms with van der Waals surface area (Å²) in [5, 5.41) is 1.83. The van der Waals surface area contributed by atoms with Crippen molar-refractivity contribution >= 4 is 17.2 Å². The van der Waals surface area contributed by atoms with Gasteiger partial charge >= 0.3 is 4.87 Å². The van der Waals surface area contributed by atoms with Crippen molar-refractivity contribution in [3.05, 3.63) is 56.1 Å². The van der Waals surface area contributed by atoms with E-state index in [0.717, 1.165) is 17.7 Å². The van der Waals surface area contributed by atoms with Gasteiger partial charge in [0.1, 0.15) is 0 Å². The average molecular weight is 318 g/mol. The molecule has 22 heavy (non-hydrogen) atoms. The zero-order valence-electron chi connectivity index (χ0n) is 13.3. The Morgan fingerprint density at radius 1 is 1.23 bits per heavy atom. The van der Waals surface area contributed by atoms with E-state index in [0.29, 0.717) is 19.5 Å². The van der Waals surface area contributed by atoms with Crippen LogP contribution in [0, 0.1) is 6.92 Å². The Labute approximate surface area is 135 Å². The van der Waals surface area contributed by atoms with Gasteiger partial charge in [0.2, 0.25) is 5.91 Å². The van der Waals surface area contributed by atoms with Crippen LogP contribution in [0.4, 0.5) is 0 Å². The van der Waals surface area contributed by atoms with Gasteiger partial charge in [-0.15, -0.1) is 0 Å². The second kappa shape index (κ2) is 7.40. The van der Waals surface area contributed by atoms with Gasteiger partial charge in [0.05, 0.1) is 0 Å². The number of hydrogen-bond donors (Lipinski definition) is 0. The molecule has 0 bridgehead atoms. The molecule has 0 fully saturated rings. The minimum Gasteiger partial charge on any atom is -0.341 e. The monoisotopic (exact) mass is 318 g/mol. The molecule has 118 valence electrons. The highest BCUT2D eigenvalue weighted by atomic mass is 32.1. The van der Waals surface area contributed by atoms with E-state index in [1.165, 1.54) is 16.9 Å². The summed E-state index contributed by atoms with van der Waals surface area (Å²) >= 11 is 1.18. The van der Waals surface area contributed by atoms with Crippen LogP contribution in [-0.2, 0) is 24.3 Å². The van der Waals surface area contributed by atoms with Crippen LogP contribution in [-0.4, -0.2) is 22.4 Å². The molecule has 0 aliphatic rings. The highest BCUT2D eigenvalue weighted by Gasteiger charge is 2.11. The molecule has 2 aromatic rings. The van der Waals surface area contributed by atoms with Crippen LogP contribution in [0.15, 0.2) is 34.4 Å². The van der Waals surface area contributed by atoms with E-state index in [2.05, 4.69) is 31.2 Å². The molecule has 0 saturated heterocycles. The van der Waals surface area contributed by atoms with Crippen LogP contribution in [0.3, 0.4) is 0 Å². The summed E-state index contributed by atoms with van der Waals surface area (Å²) in [6, 6.07) is 8.33. The lowest BCUT2D eigenvalue weighted by Gasteiger charge is -2.17. The normalized spacial score (nSPS) is 10.7. The highest BCUT2D eigenvalue weighted by molar-refractivity contribution is 7.07. The predicted molar refractivity (Wildman–Crippen MR) is 90.2 cm³/mol. The Morgan fingerprint density at radius 2 is 1.86 bits per heavy atom. The van der Waals surface area contributed by atoms with Crippen LogP contribution in [0.25, 0.3) is 0 Å². The first-order chi connectivity index (χ1) is 10.5. The minimum atomic E-state index is 0.00288. The highest BCUT2D eigenvalue weighted by Crippen LogP contribution is 2.09. The molecule has 2 rings (SSSR count). The summed E-state index contributed by atoms with van der Waals surface area (Å²) in [6.45, 7) is 5.06. The molecule has 1 amide bonds. The summed E-state index contributed by atoms with van der Waals surface area (Å²) < 4.78 is 1.66. The predicted octanol–water partition coefficient (Wildman–Crippen LogP) is 2.83. The van der Waals surface area contributed by atoms with Crippen LogP contribution in [0.1, 0.15) is 30.2 Å². The third-order valence-electron chi connectivity index (χ3n) is 3.80. The lowest BCUT2D eigenvalue weighted by molar-refractivity contribution is -0.130. The number of aromatic nitrogens is 1. The van der Waals surface area contributed by atoms with E-state index in [4.69, 9.17) is 0 Å². The Balaban J connectivity index is 1.90. The van der Waals surface area contributed by atoms with Gasteiger partial charge in [0, 0.05) is 37.6 Å². The third-order valence-corrected chi connectivity index (χ3v) is 4.68. The Bertz CT molecular complexity index is 685. The Kier molecular flexibility index (Phi) is 5.55. The van der Waals surface area contributed by atoms with Crippen molar-refractivity contribution in [2.24, 2.45) is 0 Å². The molecule has 0 aliphatic heterocycles. The molecule has 0 unspecified atom stereocenters. The average Bonchev–Trinajstić information content (AvgIpc) is 2.84. The number of rotatable bonds is 6. The molecule has 5 heteroatoms. The largest absolute Gasteiger partial charge is 0.341 e. The maximum absolute atomic E-state index is 12.2. The number of aryl methyl sites for hydroxylation is 2. The minimum absolute atomic E-state index is 0.00288. The van der Waals surface area contributed by atoms with Crippen molar-refractivity contribution in [2.45, 2.75) is 39.8 Å². The first-order valence-electron chi connectivity index (χ1n) is 7.48. The van der Waals surface area contributed by atoms with Crippen LogP contribution >= 0.6 is 11.3 Å². The first kappa shape index (κ1) is 16.5. The second-order valence-electron chi connectivity index (χ2n) is 5.46. The zero-order chi connectivity index (χ0) is 16.1. The van der Waals surface area contributed by atoms with Crippen molar-refractivity contribution < 1.29 is 4.79 Å². The quantitative estimate of drug-likeness (QED) is 0.822. The maximum atomic E-state index is 12.2. The molecule has 0 atom stereocenters. The number of nitrogens with zero attached hydrogens (tertiary/aromatic N) is 2. The van der Waals surface area contributed by atoms with E-state index >= 15 is 0 Å². The number of benzene rings is 1. The fourth-order valence-corrected chi connectivity index (χ4v) is 3.08. The SMILES string of the molecule is CCc1ccc(CN(C)C(=O)CCn2c(C)csc2=O)cc1. The zero-order valence-corrected chi connectivity index (χ0v) is 14.2. The summed E-state index contributed by atoms with van der Waals surface area (Å²) in [6.07, 6.45) is 1.37. The van der Waals surface area contributed by atoms with Gasteiger partial charge in [-0.2, -0.15) is 0 Å². The molecule has 0 N–H and O–H groups in total. The summed E-state index contributed by atoms with van der Waals surface area (Å²) in [7, 11) is 1.80. The van der Waals surface area contributed by atoms with Crippen LogP contribution in [0.2, 0.25) is 0 Å². The van der Waals surface area contributed by atoms with Gasteiger partial charge in [-0.1, -0.05) is 42.5 Å². The fourth-order valence-electron chi connectivity index (χ4n) is 2.32. The molecule has 0 spiro atoms. The molecule has 1 heterocycles. The molecule has 1 aromatic heterocycles. The Hall–Kier alpha value is -1.88. The second-order valence-corrected chi connectivity index (χ2v) is 6.29. The maximum Gasteiger partial charge on any atom is 0.307 e. The van der Waals surface area contributed by atoms with E-state index < -0.39 is 0 Å². The van der Waals surface area contributed by atoms with Gasteiger partial charge in [-0.25, -0.2) is 0 Å². The van der Waals surface area contributed by atoms with Gasteiger partial charge in [-0.3, -0.25) is 9.59 Å². The van der Waals surface area contributed by atoms with Crippen molar-refractivity contribution in [3.8, 4) is 0 Å². The lowest BCUT2D eigenvalue weighted by Crippen LogP contribution is -2.28. The number of carbonyl (C=O) groups excluding carboxylic acids is 1. The Morgan fingerprint density at radius 3 is 2.41 bits per heavy atom. The van der Waals surface area contributed by atoms with Crippen LogP contribution in [0.5, 0.6) is 0 Å². The van der Waals surface area contributed by atoms with Crippen molar-refractivity contribution in [2.75, 3.05) is 7.05 Å². The number of amides is 1. The van der Waals surface area contributed by atoms with E-state index in [9.17, 15) is 9.59 Å². The van der Waals surface area contributed by atoms with Gasteiger partial charge < -0.3 is 9.47 Å². The fraction of sp³-hybridized carbons (Fsp3) is 0.412. The van der Waals surface area contributed by atoms with Crippen molar-refractivity contribution in [3.63, 3.8) is 0 Å². The van der Waals surface area contributed by atoms with E-state index in [1.54, 1.807) is 16.5 Å². The van der Waals surface area contributed by atoms with Gasteiger partial charge in [-0.05, 0) is 24.5 Å². The van der Waals surface area contributed by atoms with E-state index in [1.807, 2.05) is 12.3 Å². The van der Waals surface area contributed by atoms with E-state index in [-0.39, 0.29) is 10.8 Å². The number of hydrogen-bond acceptors (Lipinski definition) is 3. The standard InChI is InChI=1S/C17H22N2O2S/c1-4-14-5-7-15(8-6-14)11-18(3)16(20)9-10-19-13(2)12-22-17(19)21/h5-8,12H,4,9-11H2,1-3H3. The molecule has 4 nitrogen and oxygen atoms in total. The third kappa shape index (κ3) is 4.07. The molecule has 1 aromatic carbocycles. The summed E-state index contributed by atoms with van der Waals surface area (Å²) in [4.78, 5) is 25.6. The van der Waals surface area contributed by atoms with Crippen molar-refractivity contribution in [1.29, 1.82) is 0 Å². The lowest BCUT2D eigenvalue weighted by atomic mass is 10.1. The molecule has 0 saturated carbocycles. The number of carbonyl (C=O) groups is 1. The van der Waals surface area contributed by atoms with Gasteiger partial charge in [0.25, 0.3) is 0 Å². The molecule has 0 radical (unpaired) electrons. The van der Waals surface area contributed by atoms with Gasteiger partial charge in [0.15, 0.2) is 0 Å². The summed E-state index contributed by atoms with van der Waals surface area (Å²) in [5.41, 5.74) is 3.34. The van der Waals surface area contributed by atoms with Crippen molar-refractivity contribution in [1.82, 2.24) is 9.47 Å². The smallest absolute Gasteiger partial charge is 0.307 e. The molecule has 0 aliphatic carbocycles. The molecular weight excluding hydrogens is 296 g/mol. The van der Waals surface area contributed by atoms with Crippen LogP contribution < -0.4 is 4.87 Å². The molecular formula is C17H22N2O2S. The topological polar surface area (TPSA) is 42.3 Å². The number of thiazole rings is 1.